The van der Waals surface area contributed by atoms with Crippen LogP contribution in [0.25, 0.3) is 0 Å². The molecule has 1 aromatic carbocycles. The van der Waals surface area contributed by atoms with Crippen molar-refractivity contribution < 1.29 is 22.8 Å². The second-order valence-electron chi connectivity index (χ2n) is 6.43. The number of Topliss-reactive ketones (excluding diaryl/α,β-unsaturated/α-hetero) is 1. The number of carbonyl (C=O) groups excluding carboxylic acids is 2. The summed E-state index contributed by atoms with van der Waals surface area (Å²) in [5.74, 6) is -0.0724. The maximum Gasteiger partial charge on any atom is 0.417 e. The third kappa shape index (κ3) is 6.37. The Bertz CT molecular complexity index is 834. The van der Waals surface area contributed by atoms with E-state index < -0.39 is 11.7 Å². The Morgan fingerprint density at radius 3 is 2.36 bits per heavy atom. The molecule has 28 heavy (non-hydrogen) atoms. The summed E-state index contributed by atoms with van der Waals surface area (Å²) in [4.78, 5) is 27.7. The Morgan fingerprint density at radius 1 is 1.00 bits per heavy atom. The molecule has 2 aromatic rings. The Balaban J connectivity index is 1.68. The number of hydrogen-bond acceptors (Lipinski definition) is 4. The summed E-state index contributed by atoms with van der Waals surface area (Å²) in [5.41, 5.74) is 1.90. The first kappa shape index (κ1) is 21.4. The number of carbonyl (C=O) groups is 2. The van der Waals surface area contributed by atoms with E-state index >= 15 is 0 Å². The van der Waals surface area contributed by atoms with Gasteiger partial charge in [-0.15, -0.1) is 0 Å². The van der Waals surface area contributed by atoms with Crippen molar-refractivity contribution in [2.24, 2.45) is 0 Å². The predicted molar refractivity (Wildman–Crippen MR) is 100 cm³/mol. The molecule has 0 aliphatic carbocycles. The number of anilines is 1. The van der Waals surface area contributed by atoms with Crippen LogP contribution in [-0.4, -0.2) is 29.8 Å². The fourth-order valence-electron chi connectivity index (χ4n) is 2.43. The number of nitrogens with zero attached hydrogens (tertiary/aromatic N) is 1. The third-order valence-electron chi connectivity index (χ3n) is 4.25. The quantitative estimate of drug-likeness (QED) is 0.527. The van der Waals surface area contributed by atoms with E-state index in [1.807, 2.05) is 26.0 Å². The van der Waals surface area contributed by atoms with E-state index in [1.165, 1.54) is 6.07 Å². The Labute approximate surface area is 161 Å². The van der Waals surface area contributed by atoms with Gasteiger partial charge in [0.1, 0.15) is 5.82 Å². The first-order valence-corrected chi connectivity index (χ1v) is 8.81. The van der Waals surface area contributed by atoms with Gasteiger partial charge in [0.05, 0.1) is 5.56 Å². The maximum absolute atomic E-state index is 12.5. The SMILES string of the molecule is Cc1ccc(C(=O)CCC(=O)NCCNc2ccc(C(F)(F)F)cn2)cc1C. The lowest BCUT2D eigenvalue weighted by atomic mass is 10.0. The van der Waals surface area contributed by atoms with Crippen molar-refractivity contribution in [2.75, 3.05) is 18.4 Å². The molecule has 1 heterocycles. The van der Waals surface area contributed by atoms with Crippen molar-refractivity contribution in [1.82, 2.24) is 10.3 Å². The molecule has 0 fully saturated rings. The van der Waals surface area contributed by atoms with E-state index in [2.05, 4.69) is 15.6 Å². The molecule has 0 saturated heterocycles. The summed E-state index contributed by atoms with van der Waals surface area (Å²) in [7, 11) is 0. The summed E-state index contributed by atoms with van der Waals surface area (Å²) in [6, 6.07) is 7.61. The van der Waals surface area contributed by atoms with Crippen molar-refractivity contribution in [2.45, 2.75) is 32.9 Å². The molecule has 0 radical (unpaired) electrons. The van der Waals surface area contributed by atoms with Crippen LogP contribution in [0.15, 0.2) is 36.5 Å². The minimum absolute atomic E-state index is 0.0737. The zero-order valence-corrected chi connectivity index (χ0v) is 15.7. The monoisotopic (exact) mass is 393 g/mol. The van der Waals surface area contributed by atoms with Crippen molar-refractivity contribution >= 4 is 17.5 Å². The van der Waals surface area contributed by atoms with Crippen molar-refractivity contribution in [3.63, 3.8) is 0 Å². The summed E-state index contributed by atoms with van der Waals surface area (Å²) in [6.07, 6.45) is -3.49. The number of pyridine rings is 1. The Morgan fingerprint density at radius 2 is 1.75 bits per heavy atom. The van der Waals surface area contributed by atoms with Gasteiger partial charge in [0, 0.05) is 37.7 Å². The average molecular weight is 393 g/mol. The molecule has 0 spiro atoms. The van der Waals surface area contributed by atoms with Crippen LogP contribution in [0.1, 0.15) is 39.9 Å². The molecule has 0 unspecified atom stereocenters. The fraction of sp³-hybridized carbons (Fsp3) is 0.350. The number of aryl methyl sites for hydroxylation is 2. The topological polar surface area (TPSA) is 71.1 Å². The molecule has 8 heteroatoms. The van der Waals surface area contributed by atoms with Crippen LogP contribution in [0.3, 0.4) is 0 Å². The average Bonchev–Trinajstić information content (AvgIpc) is 2.65. The molecule has 5 nitrogen and oxygen atoms in total. The second kappa shape index (κ2) is 9.34. The number of benzene rings is 1. The molecular weight excluding hydrogens is 371 g/mol. The van der Waals surface area contributed by atoms with Gasteiger partial charge in [0.15, 0.2) is 5.78 Å². The van der Waals surface area contributed by atoms with Gasteiger partial charge in [-0.1, -0.05) is 12.1 Å². The first-order chi connectivity index (χ1) is 13.2. The molecule has 0 saturated carbocycles. The van der Waals surface area contributed by atoms with Crippen molar-refractivity contribution in [3.8, 4) is 0 Å². The number of nitrogens with one attached hydrogen (secondary N) is 2. The van der Waals surface area contributed by atoms with Crippen LogP contribution >= 0.6 is 0 Å². The standard InChI is InChI=1S/C20H22F3N3O2/c1-13-3-4-15(11-14(13)2)17(27)6-8-19(28)25-10-9-24-18-7-5-16(12-26-18)20(21,22)23/h3-5,7,11-12H,6,8-10H2,1-2H3,(H,24,26)(H,25,28). The fourth-order valence-corrected chi connectivity index (χ4v) is 2.43. The number of rotatable bonds is 8. The highest BCUT2D eigenvalue weighted by atomic mass is 19.4. The lowest BCUT2D eigenvalue weighted by Gasteiger charge is -2.09. The third-order valence-corrected chi connectivity index (χ3v) is 4.25. The summed E-state index contributed by atoms with van der Waals surface area (Å²) in [5, 5.41) is 5.48. The van der Waals surface area contributed by atoms with Crippen LogP contribution in [0, 0.1) is 13.8 Å². The van der Waals surface area contributed by atoms with Gasteiger partial charge in [0.25, 0.3) is 0 Å². The molecule has 1 aromatic heterocycles. The van der Waals surface area contributed by atoms with Gasteiger partial charge >= 0.3 is 6.18 Å². The molecule has 0 aliphatic rings. The summed E-state index contributed by atoms with van der Waals surface area (Å²) >= 11 is 0. The minimum atomic E-state index is -4.42. The highest BCUT2D eigenvalue weighted by Crippen LogP contribution is 2.28. The van der Waals surface area contributed by atoms with Crippen molar-refractivity contribution in [3.05, 3.63) is 58.8 Å². The van der Waals surface area contributed by atoms with Crippen molar-refractivity contribution in [1.29, 1.82) is 0 Å². The lowest BCUT2D eigenvalue weighted by Crippen LogP contribution is -2.29. The van der Waals surface area contributed by atoms with Crippen LogP contribution < -0.4 is 10.6 Å². The van der Waals surface area contributed by atoms with E-state index in [4.69, 9.17) is 0 Å². The number of aromatic nitrogens is 1. The normalized spacial score (nSPS) is 11.2. The number of alkyl halides is 3. The van der Waals surface area contributed by atoms with Gasteiger partial charge in [-0.3, -0.25) is 9.59 Å². The van der Waals surface area contributed by atoms with Gasteiger partial charge in [-0.05, 0) is 43.2 Å². The van der Waals surface area contributed by atoms with E-state index in [0.29, 0.717) is 12.1 Å². The highest BCUT2D eigenvalue weighted by molar-refractivity contribution is 5.98. The Hall–Kier alpha value is -2.90. The van der Waals surface area contributed by atoms with Crippen LogP contribution in [-0.2, 0) is 11.0 Å². The minimum Gasteiger partial charge on any atom is -0.368 e. The van der Waals surface area contributed by atoms with Crippen LogP contribution in [0.4, 0.5) is 19.0 Å². The smallest absolute Gasteiger partial charge is 0.368 e. The van der Waals surface area contributed by atoms with E-state index in [-0.39, 0.29) is 36.9 Å². The molecule has 0 atom stereocenters. The van der Waals surface area contributed by atoms with Gasteiger partial charge in [0.2, 0.25) is 5.91 Å². The highest BCUT2D eigenvalue weighted by Gasteiger charge is 2.30. The number of amides is 1. The Kier molecular flexibility index (Phi) is 7.14. The molecule has 150 valence electrons. The lowest BCUT2D eigenvalue weighted by molar-refractivity contribution is -0.137. The van der Waals surface area contributed by atoms with E-state index in [9.17, 15) is 22.8 Å². The zero-order chi connectivity index (χ0) is 20.7. The van der Waals surface area contributed by atoms with Crippen LogP contribution in [0.5, 0.6) is 0 Å². The summed E-state index contributed by atoms with van der Waals surface area (Å²) in [6.45, 7) is 4.46. The van der Waals surface area contributed by atoms with Crippen LogP contribution in [0.2, 0.25) is 0 Å². The molecular formula is C20H22F3N3O2. The molecule has 0 aliphatic heterocycles. The molecule has 1 amide bonds. The molecule has 2 rings (SSSR count). The van der Waals surface area contributed by atoms with E-state index in [0.717, 1.165) is 23.4 Å². The molecule has 0 bridgehead atoms. The predicted octanol–water partition coefficient (Wildman–Crippen LogP) is 3.91. The number of halogens is 3. The van der Waals surface area contributed by atoms with Gasteiger partial charge in [-0.2, -0.15) is 13.2 Å². The van der Waals surface area contributed by atoms with Gasteiger partial charge < -0.3 is 10.6 Å². The first-order valence-electron chi connectivity index (χ1n) is 8.81. The molecule has 2 N–H and O–H groups in total. The second-order valence-corrected chi connectivity index (χ2v) is 6.43. The van der Waals surface area contributed by atoms with Gasteiger partial charge in [-0.25, -0.2) is 4.98 Å². The number of hydrogen-bond donors (Lipinski definition) is 2. The van der Waals surface area contributed by atoms with E-state index in [1.54, 1.807) is 6.07 Å². The maximum atomic E-state index is 12.5. The summed E-state index contributed by atoms with van der Waals surface area (Å²) < 4.78 is 37.4. The largest absolute Gasteiger partial charge is 0.417 e. The zero-order valence-electron chi connectivity index (χ0n) is 15.7. The number of ketones is 1.